The van der Waals surface area contributed by atoms with E-state index in [-0.39, 0.29) is 17.8 Å². The van der Waals surface area contributed by atoms with Crippen molar-refractivity contribution in [2.24, 2.45) is 11.7 Å². The van der Waals surface area contributed by atoms with Gasteiger partial charge in [-0.2, -0.15) is 0 Å². The van der Waals surface area contributed by atoms with Gasteiger partial charge in [0.05, 0.1) is 12.8 Å². The zero-order valence-electron chi connectivity index (χ0n) is 12.7. The Kier molecular flexibility index (Phi) is 3.03. The fourth-order valence-electron chi connectivity index (χ4n) is 4.18. The number of carbonyl (C=O) groups excluding carboxylic acids is 1. The van der Waals surface area contributed by atoms with Crippen LogP contribution >= 0.6 is 0 Å². The molecule has 1 aromatic heterocycles. The van der Waals surface area contributed by atoms with E-state index in [1.165, 1.54) is 29.1 Å². The van der Waals surface area contributed by atoms with Crippen LogP contribution in [0.4, 0.5) is 0 Å². The fraction of sp³-hybridized carbons (Fsp3) is 0.471. The molecule has 4 N–H and O–H groups in total. The second kappa shape index (κ2) is 4.83. The van der Waals surface area contributed by atoms with Crippen molar-refractivity contribution in [3.8, 4) is 0 Å². The number of nitrogens with one attached hydrogen (secondary N) is 2. The first-order valence-electron chi connectivity index (χ1n) is 7.80. The largest absolute Gasteiger partial charge is 0.469 e. The van der Waals surface area contributed by atoms with E-state index < -0.39 is 5.66 Å². The number of nitrogens with two attached hydrogens (primary N) is 1. The molecule has 0 bridgehead atoms. The van der Waals surface area contributed by atoms with Crippen LogP contribution in [0, 0.1) is 5.92 Å². The summed E-state index contributed by atoms with van der Waals surface area (Å²) in [6.45, 7) is 0.762. The van der Waals surface area contributed by atoms with Crippen LogP contribution in [-0.2, 0) is 16.0 Å². The summed E-state index contributed by atoms with van der Waals surface area (Å²) in [5, 5.41) is 4.82. The Hall–Kier alpha value is -1.85. The van der Waals surface area contributed by atoms with E-state index in [4.69, 9.17) is 10.5 Å². The number of piperidine rings is 1. The van der Waals surface area contributed by atoms with Gasteiger partial charge >= 0.3 is 5.97 Å². The molecule has 22 heavy (non-hydrogen) atoms. The quantitative estimate of drug-likeness (QED) is 0.736. The van der Waals surface area contributed by atoms with Crippen LogP contribution in [0.1, 0.15) is 29.9 Å². The van der Waals surface area contributed by atoms with Gasteiger partial charge in [0.25, 0.3) is 0 Å². The third-order valence-corrected chi connectivity index (χ3v) is 5.27. The molecule has 1 aromatic carbocycles. The number of hydrogen-bond donors (Lipinski definition) is 3. The molecule has 5 nitrogen and oxygen atoms in total. The van der Waals surface area contributed by atoms with Crippen molar-refractivity contribution in [3.05, 3.63) is 35.5 Å². The molecule has 1 aliphatic heterocycles. The lowest BCUT2D eigenvalue weighted by molar-refractivity contribution is -0.142. The summed E-state index contributed by atoms with van der Waals surface area (Å²) in [4.78, 5) is 14.9. The SMILES string of the molecule is COC(=O)C[C@H]1CN[C@]2(N)Cc3c[nH]c4cccc(c34)C2C1. The second-order valence-electron chi connectivity index (χ2n) is 6.62. The van der Waals surface area contributed by atoms with Gasteiger partial charge < -0.3 is 15.5 Å². The van der Waals surface area contributed by atoms with Crippen LogP contribution in [0.15, 0.2) is 24.4 Å². The molecule has 0 saturated carbocycles. The van der Waals surface area contributed by atoms with Crippen molar-refractivity contribution in [2.45, 2.75) is 30.8 Å². The van der Waals surface area contributed by atoms with Gasteiger partial charge in [-0.3, -0.25) is 10.1 Å². The molecule has 1 unspecified atom stereocenters. The Morgan fingerprint density at radius 3 is 3.18 bits per heavy atom. The Morgan fingerprint density at radius 2 is 2.36 bits per heavy atom. The summed E-state index contributed by atoms with van der Waals surface area (Å²) >= 11 is 0. The summed E-state index contributed by atoms with van der Waals surface area (Å²) in [5.74, 6) is 0.348. The van der Waals surface area contributed by atoms with Crippen molar-refractivity contribution in [3.63, 3.8) is 0 Å². The third kappa shape index (κ3) is 1.96. The van der Waals surface area contributed by atoms with Gasteiger partial charge in [-0.15, -0.1) is 0 Å². The fourth-order valence-corrected chi connectivity index (χ4v) is 4.18. The predicted molar refractivity (Wildman–Crippen MR) is 84.4 cm³/mol. The van der Waals surface area contributed by atoms with Gasteiger partial charge in [-0.1, -0.05) is 12.1 Å². The Labute approximate surface area is 129 Å². The van der Waals surface area contributed by atoms with Crippen molar-refractivity contribution in [1.29, 1.82) is 0 Å². The van der Waals surface area contributed by atoms with Gasteiger partial charge in [0.2, 0.25) is 0 Å². The Morgan fingerprint density at radius 1 is 1.50 bits per heavy atom. The number of aromatic amines is 1. The number of carbonyl (C=O) groups is 1. The highest BCUT2D eigenvalue weighted by Crippen LogP contribution is 2.45. The maximum atomic E-state index is 11.6. The Balaban J connectivity index is 1.72. The first-order chi connectivity index (χ1) is 10.6. The lowest BCUT2D eigenvalue weighted by Crippen LogP contribution is -2.64. The zero-order valence-corrected chi connectivity index (χ0v) is 12.7. The van der Waals surface area contributed by atoms with E-state index in [1.54, 1.807) is 0 Å². The summed E-state index contributed by atoms with van der Waals surface area (Å²) in [6.07, 6.45) is 4.26. The van der Waals surface area contributed by atoms with Crippen LogP contribution in [0.25, 0.3) is 10.9 Å². The highest BCUT2D eigenvalue weighted by molar-refractivity contribution is 5.88. The van der Waals surface area contributed by atoms with E-state index in [9.17, 15) is 4.79 Å². The molecule has 2 heterocycles. The molecular formula is C17H21N3O2. The minimum atomic E-state index is -0.421. The molecular weight excluding hydrogens is 278 g/mol. The average molecular weight is 299 g/mol. The maximum Gasteiger partial charge on any atom is 0.305 e. The number of aromatic nitrogens is 1. The lowest BCUT2D eigenvalue weighted by atomic mass is 9.69. The average Bonchev–Trinajstić information content (AvgIpc) is 2.92. The van der Waals surface area contributed by atoms with E-state index in [0.29, 0.717) is 6.42 Å². The monoisotopic (exact) mass is 299 g/mol. The van der Waals surface area contributed by atoms with Gasteiger partial charge in [0.15, 0.2) is 0 Å². The van der Waals surface area contributed by atoms with Crippen LogP contribution in [-0.4, -0.2) is 30.3 Å². The number of H-pyrrole nitrogens is 1. The van der Waals surface area contributed by atoms with Crippen LogP contribution in [0.3, 0.4) is 0 Å². The van der Waals surface area contributed by atoms with Gasteiger partial charge in [-0.05, 0) is 29.5 Å². The minimum Gasteiger partial charge on any atom is -0.469 e. The molecule has 0 amide bonds. The first kappa shape index (κ1) is 13.8. The smallest absolute Gasteiger partial charge is 0.305 e. The van der Waals surface area contributed by atoms with Gasteiger partial charge in [-0.25, -0.2) is 0 Å². The molecule has 3 atom stereocenters. The van der Waals surface area contributed by atoms with Gasteiger partial charge in [0.1, 0.15) is 0 Å². The number of methoxy groups -OCH3 is 1. The number of hydrogen-bond acceptors (Lipinski definition) is 4. The Bertz CT molecular complexity index is 739. The number of ether oxygens (including phenoxy) is 1. The molecule has 0 radical (unpaired) electrons. The van der Waals surface area contributed by atoms with E-state index in [1.807, 2.05) is 0 Å². The lowest BCUT2D eigenvalue weighted by Gasteiger charge is -2.47. The molecule has 1 saturated heterocycles. The number of fused-ring (bicyclic) bond motifs is 2. The molecule has 4 rings (SSSR count). The van der Waals surface area contributed by atoms with E-state index in [0.717, 1.165) is 19.4 Å². The number of esters is 1. The van der Waals surface area contributed by atoms with Crippen LogP contribution < -0.4 is 11.1 Å². The highest BCUT2D eigenvalue weighted by atomic mass is 16.5. The first-order valence-corrected chi connectivity index (χ1v) is 7.80. The zero-order chi connectivity index (χ0) is 15.3. The minimum absolute atomic E-state index is 0.146. The van der Waals surface area contributed by atoms with Crippen molar-refractivity contribution in [1.82, 2.24) is 10.3 Å². The van der Waals surface area contributed by atoms with Gasteiger partial charge in [0, 0.05) is 42.4 Å². The second-order valence-corrected chi connectivity index (χ2v) is 6.62. The van der Waals surface area contributed by atoms with Crippen molar-refractivity contribution in [2.75, 3.05) is 13.7 Å². The number of benzene rings is 1. The topological polar surface area (TPSA) is 80.1 Å². The summed E-state index contributed by atoms with van der Waals surface area (Å²) in [6, 6.07) is 6.36. The standard InChI is InChI=1S/C17H21N3O2/c1-22-15(21)6-10-5-13-12-3-2-4-14-16(12)11(9-19-14)7-17(13,18)20-8-10/h2-4,9-10,13,19-20H,5-8,18H2,1H3/t10-,13?,17+/m0/s1. The third-order valence-electron chi connectivity index (χ3n) is 5.27. The van der Waals surface area contributed by atoms with E-state index >= 15 is 0 Å². The molecule has 0 spiro atoms. The molecule has 2 aliphatic rings. The van der Waals surface area contributed by atoms with Crippen LogP contribution in [0.5, 0.6) is 0 Å². The molecule has 1 fully saturated rings. The summed E-state index contributed by atoms with van der Waals surface area (Å²) in [7, 11) is 1.44. The highest BCUT2D eigenvalue weighted by Gasteiger charge is 2.45. The van der Waals surface area contributed by atoms with Crippen LogP contribution in [0.2, 0.25) is 0 Å². The van der Waals surface area contributed by atoms with Crippen molar-refractivity contribution >= 4 is 16.9 Å². The molecule has 116 valence electrons. The summed E-state index contributed by atoms with van der Waals surface area (Å²) < 4.78 is 4.81. The molecule has 1 aliphatic carbocycles. The molecule has 2 aromatic rings. The predicted octanol–water partition coefficient (Wildman–Crippen LogP) is 1.64. The van der Waals surface area contributed by atoms with Crippen molar-refractivity contribution < 1.29 is 9.53 Å². The van der Waals surface area contributed by atoms with E-state index in [2.05, 4.69) is 34.7 Å². The number of rotatable bonds is 2. The maximum absolute atomic E-state index is 11.6. The molecule has 5 heteroatoms. The normalized spacial score (nSPS) is 30.1. The summed E-state index contributed by atoms with van der Waals surface area (Å²) in [5.41, 5.74) is 10.0.